The second-order valence-corrected chi connectivity index (χ2v) is 8.58. The number of fused-ring (bicyclic) bond motifs is 3. The van der Waals surface area contributed by atoms with Crippen LogP contribution >= 0.6 is 0 Å². The predicted octanol–water partition coefficient (Wildman–Crippen LogP) is 5.00. The maximum absolute atomic E-state index is 13.0. The van der Waals surface area contributed by atoms with Gasteiger partial charge in [-0.25, -0.2) is 19.2 Å². The van der Waals surface area contributed by atoms with E-state index in [-0.39, 0.29) is 27.7 Å². The number of carboxylic acid groups (broad SMARTS) is 2. The summed E-state index contributed by atoms with van der Waals surface area (Å²) in [6.07, 6.45) is 0.762. The molecule has 1 aromatic heterocycles. The molecule has 0 atom stereocenters. The molecule has 3 aromatic carbocycles. The molecule has 2 N–H and O–H groups in total. The number of methoxy groups -OCH3 is 3. The summed E-state index contributed by atoms with van der Waals surface area (Å²) in [6.45, 7) is 3.62. The normalized spacial score (nSPS) is 11.5. The summed E-state index contributed by atoms with van der Waals surface area (Å²) in [5, 5.41) is 21.2. The number of carbonyl (C=O) groups is 4. The number of hydrogen-bond donors (Lipinski definition) is 2. The van der Waals surface area contributed by atoms with E-state index >= 15 is 0 Å². The van der Waals surface area contributed by atoms with Crippen molar-refractivity contribution < 1.29 is 48.0 Å². The Kier molecular flexibility index (Phi) is 7.13. The van der Waals surface area contributed by atoms with Gasteiger partial charge in [-0.2, -0.15) is 0 Å². The highest BCUT2D eigenvalue weighted by Gasteiger charge is 2.36. The molecular weight excluding hydrogens is 508 g/mol. The molecule has 0 amide bonds. The Bertz CT molecular complexity index is 1710. The van der Waals surface area contributed by atoms with E-state index < -0.39 is 40.6 Å². The van der Waals surface area contributed by atoms with Crippen LogP contribution in [0.4, 0.5) is 0 Å². The third-order valence-corrected chi connectivity index (χ3v) is 6.50. The molecule has 4 aromatic rings. The summed E-state index contributed by atoms with van der Waals surface area (Å²) in [7, 11) is 3.56. The number of esters is 2. The average molecular weight is 533 g/mol. The summed E-state index contributed by atoms with van der Waals surface area (Å²) >= 11 is 0. The van der Waals surface area contributed by atoms with Gasteiger partial charge in [0.05, 0.1) is 38.0 Å². The van der Waals surface area contributed by atoms with E-state index in [1.165, 1.54) is 7.11 Å². The van der Waals surface area contributed by atoms with Crippen LogP contribution in [0.25, 0.3) is 38.6 Å². The van der Waals surface area contributed by atoms with Gasteiger partial charge in [-0.15, -0.1) is 0 Å². The lowest BCUT2D eigenvalue weighted by molar-refractivity contribution is -0.136. The van der Waals surface area contributed by atoms with Gasteiger partial charge >= 0.3 is 23.9 Å². The van der Waals surface area contributed by atoms with E-state index in [0.717, 1.165) is 31.4 Å². The molecule has 0 aliphatic rings. The summed E-state index contributed by atoms with van der Waals surface area (Å²) < 4.78 is 21.5. The Morgan fingerprint density at radius 2 is 1.49 bits per heavy atom. The molecule has 0 saturated heterocycles. The van der Waals surface area contributed by atoms with Crippen molar-refractivity contribution in [3.63, 3.8) is 0 Å². The lowest BCUT2D eigenvalue weighted by Gasteiger charge is -2.17. The average Bonchev–Trinajstić information content (AvgIpc) is 3.29. The van der Waals surface area contributed by atoms with Crippen LogP contribution in [0.2, 0.25) is 0 Å². The molecule has 0 fully saturated rings. The van der Waals surface area contributed by atoms with Gasteiger partial charge < -0.3 is 28.8 Å². The topological polar surface area (TPSA) is 150 Å². The van der Waals surface area contributed by atoms with Crippen LogP contribution in [0, 0.1) is 13.8 Å². The van der Waals surface area contributed by atoms with Crippen LogP contribution in [0.5, 0.6) is 5.75 Å². The van der Waals surface area contributed by atoms with E-state index in [1.807, 2.05) is 13.8 Å². The third-order valence-electron chi connectivity index (χ3n) is 6.50. The van der Waals surface area contributed by atoms with Crippen LogP contribution in [0.3, 0.4) is 0 Å². The number of carboxylic acids is 2. The fourth-order valence-corrected chi connectivity index (χ4v) is 4.68. The highest BCUT2D eigenvalue weighted by molar-refractivity contribution is 6.32. The minimum absolute atomic E-state index is 0.0171. The number of aryl methyl sites for hydroxylation is 1. The monoisotopic (exact) mass is 532 g/mol. The van der Waals surface area contributed by atoms with Gasteiger partial charge in [0, 0.05) is 28.0 Å². The molecule has 10 heteroatoms. The molecule has 0 unspecified atom stereocenters. The first kappa shape index (κ1) is 26.9. The van der Waals surface area contributed by atoms with Gasteiger partial charge in [0.15, 0.2) is 11.3 Å². The Morgan fingerprint density at radius 1 is 0.846 bits per heavy atom. The Labute approximate surface area is 222 Å². The number of rotatable bonds is 7. The number of furan rings is 1. The second kappa shape index (κ2) is 10.3. The molecule has 0 radical (unpaired) electrons. The molecule has 1 heterocycles. The number of benzene rings is 3. The number of hydrogen-bond acceptors (Lipinski definition) is 8. The summed E-state index contributed by atoms with van der Waals surface area (Å²) in [4.78, 5) is 50.9. The van der Waals surface area contributed by atoms with Crippen molar-refractivity contribution in [2.24, 2.45) is 0 Å². The maximum atomic E-state index is 13.0. The quantitative estimate of drug-likeness (QED) is 0.246. The SMILES string of the molecule is COC(=O)/C=C(\C(=O)OC)c1c(C(=O)O)c(C(=O)O)c(-c2ccccc2)c2oc3c(OC)c(C)c(C)cc3c12. The van der Waals surface area contributed by atoms with Crippen LogP contribution < -0.4 is 4.74 Å². The van der Waals surface area contributed by atoms with Crippen molar-refractivity contribution >= 4 is 51.4 Å². The van der Waals surface area contributed by atoms with Gasteiger partial charge in [0.1, 0.15) is 5.58 Å². The predicted molar refractivity (Wildman–Crippen MR) is 141 cm³/mol. The number of ether oxygens (including phenoxy) is 3. The highest BCUT2D eigenvalue weighted by atomic mass is 16.5. The first-order chi connectivity index (χ1) is 18.6. The van der Waals surface area contributed by atoms with E-state index in [0.29, 0.717) is 16.7 Å². The highest BCUT2D eigenvalue weighted by Crippen LogP contribution is 2.48. The van der Waals surface area contributed by atoms with Crippen molar-refractivity contribution in [3.05, 3.63) is 70.3 Å². The zero-order chi connectivity index (χ0) is 28.6. The van der Waals surface area contributed by atoms with Gasteiger partial charge in [-0.3, -0.25) is 0 Å². The summed E-state index contributed by atoms with van der Waals surface area (Å²) in [6, 6.07) is 9.98. The molecule has 200 valence electrons. The molecule has 39 heavy (non-hydrogen) atoms. The largest absolute Gasteiger partial charge is 0.493 e. The number of aromatic carboxylic acids is 2. The molecule has 0 bridgehead atoms. The van der Waals surface area contributed by atoms with E-state index in [2.05, 4.69) is 0 Å². The van der Waals surface area contributed by atoms with Crippen molar-refractivity contribution in [3.8, 4) is 16.9 Å². The molecule has 0 spiro atoms. The van der Waals surface area contributed by atoms with Crippen molar-refractivity contribution in [1.29, 1.82) is 0 Å². The van der Waals surface area contributed by atoms with Crippen LogP contribution in [-0.2, 0) is 19.1 Å². The molecule has 4 rings (SSSR count). The van der Waals surface area contributed by atoms with Crippen LogP contribution in [0.15, 0.2) is 46.9 Å². The third kappa shape index (κ3) is 4.35. The molecule has 10 nitrogen and oxygen atoms in total. The first-order valence-electron chi connectivity index (χ1n) is 11.6. The fraction of sp³-hybridized carbons (Fsp3) is 0.172. The molecular formula is C29H24O10. The maximum Gasteiger partial charge on any atom is 0.338 e. The summed E-state index contributed by atoms with van der Waals surface area (Å²) in [5.41, 5.74) is -0.229. The van der Waals surface area contributed by atoms with Gasteiger partial charge in [-0.1, -0.05) is 30.3 Å². The molecule has 0 aliphatic heterocycles. The fourth-order valence-electron chi connectivity index (χ4n) is 4.68. The zero-order valence-electron chi connectivity index (χ0n) is 21.7. The standard InChI is InChI=1S/C29H24O10/c1-13-11-16-21-20(17(29(35)38-5)12-18(30)36-3)23(28(33)34)22(27(31)32)19(15-9-7-6-8-10-15)26(21)39-25(16)24(37-4)14(13)2/h6-12H,1-5H3,(H,31,32)(H,33,34)/b17-12-. The van der Waals surface area contributed by atoms with E-state index in [9.17, 15) is 29.4 Å². The zero-order valence-corrected chi connectivity index (χ0v) is 21.7. The number of carbonyl (C=O) groups excluding carboxylic acids is 2. The molecule has 0 aliphatic carbocycles. The van der Waals surface area contributed by atoms with Crippen LogP contribution in [-0.4, -0.2) is 55.4 Å². The van der Waals surface area contributed by atoms with Gasteiger partial charge in [0.2, 0.25) is 0 Å². The minimum Gasteiger partial charge on any atom is -0.493 e. The first-order valence-corrected chi connectivity index (χ1v) is 11.6. The van der Waals surface area contributed by atoms with Crippen molar-refractivity contribution in [2.75, 3.05) is 21.3 Å². The van der Waals surface area contributed by atoms with E-state index in [4.69, 9.17) is 18.6 Å². The van der Waals surface area contributed by atoms with Crippen molar-refractivity contribution in [2.45, 2.75) is 13.8 Å². The Morgan fingerprint density at radius 3 is 2.03 bits per heavy atom. The lowest BCUT2D eigenvalue weighted by Crippen LogP contribution is -2.17. The van der Waals surface area contributed by atoms with Crippen molar-refractivity contribution in [1.82, 2.24) is 0 Å². The lowest BCUT2D eigenvalue weighted by atomic mass is 9.84. The smallest absolute Gasteiger partial charge is 0.338 e. The summed E-state index contributed by atoms with van der Waals surface area (Å²) in [5.74, 6) is -4.96. The van der Waals surface area contributed by atoms with Gasteiger partial charge in [-0.05, 0) is 36.6 Å². The second-order valence-electron chi connectivity index (χ2n) is 8.58. The van der Waals surface area contributed by atoms with E-state index in [1.54, 1.807) is 36.4 Å². The van der Waals surface area contributed by atoms with Crippen LogP contribution in [0.1, 0.15) is 37.4 Å². The Hall–Kier alpha value is -5.12. The molecule has 0 saturated carbocycles. The minimum atomic E-state index is -1.65. The van der Waals surface area contributed by atoms with Gasteiger partial charge in [0.25, 0.3) is 0 Å². The Balaban J connectivity index is 2.46.